The summed E-state index contributed by atoms with van der Waals surface area (Å²) in [6.07, 6.45) is 2.02. The van der Waals surface area contributed by atoms with Crippen LogP contribution in [0.4, 0.5) is 11.4 Å². The molecule has 0 aliphatic carbocycles. The Balaban J connectivity index is 1.08. The first-order valence-electron chi connectivity index (χ1n) is 14.5. The molecule has 0 amide bonds. The smallest absolute Gasteiger partial charge is 0.0745 e. The van der Waals surface area contributed by atoms with E-state index >= 15 is 0 Å². The van der Waals surface area contributed by atoms with E-state index in [1.54, 1.807) is 0 Å². The lowest BCUT2D eigenvalue weighted by molar-refractivity contribution is 0.286. The summed E-state index contributed by atoms with van der Waals surface area (Å²) in [4.78, 5) is 12.1. The highest BCUT2D eigenvalue weighted by molar-refractivity contribution is 6.33. The van der Waals surface area contributed by atoms with Crippen molar-refractivity contribution in [3.05, 3.63) is 92.9 Å². The topological polar surface area (TPSA) is 53.1 Å². The van der Waals surface area contributed by atoms with E-state index < -0.39 is 0 Å². The Morgan fingerprint density at radius 3 is 1.16 bits per heavy atom. The molecule has 0 saturated heterocycles. The van der Waals surface area contributed by atoms with Gasteiger partial charge in [0, 0.05) is 54.7 Å². The summed E-state index contributed by atoms with van der Waals surface area (Å²) in [5, 5.41) is 14.3. The SMILES string of the molecule is CCN(CCCNc1c2ccc(Cl)cc2nc2cc(Cl)ccc12)CCCNc1c2ccc(Cl)cc2nc2cc(Cl)ccc12. The maximum absolute atomic E-state index is 6.27. The number of hydrogen-bond donors (Lipinski definition) is 2. The first kappa shape index (κ1) is 30.0. The first-order valence-corrected chi connectivity index (χ1v) is 16.0. The van der Waals surface area contributed by atoms with Crippen LogP contribution in [0.25, 0.3) is 43.6 Å². The zero-order valence-electron chi connectivity index (χ0n) is 23.7. The Bertz CT molecular complexity index is 1690. The fraction of sp³-hybridized carbons (Fsp3) is 0.235. The quantitative estimate of drug-likeness (QED) is 0.108. The number of hydrogen-bond acceptors (Lipinski definition) is 5. The Hall–Kier alpha value is -3.06. The predicted molar refractivity (Wildman–Crippen MR) is 187 cm³/mol. The number of benzene rings is 4. The van der Waals surface area contributed by atoms with E-state index in [9.17, 15) is 0 Å². The molecule has 6 rings (SSSR count). The molecule has 0 saturated carbocycles. The van der Waals surface area contributed by atoms with Crippen molar-refractivity contribution in [2.75, 3.05) is 43.4 Å². The Morgan fingerprint density at radius 1 is 0.535 bits per heavy atom. The van der Waals surface area contributed by atoms with Crippen molar-refractivity contribution in [1.82, 2.24) is 14.9 Å². The van der Waals surface area contributed by atoms with Crippen LogP contribution >= 0.6 is 46.4 Å². The van der Waals surface area contributed by atoms with Gasteiger partial charge in [-0.2, -0.15) is 0 Å². The fourth-order valence-electron chi connectivity index (χ4n) is 5.63. The average molecular weight is 651 g/mol. The predicted octanol–water partition coefficient (Wildman–Crippen LogP) is 10.3. The van der Waals surface area contributed by atoms with Crippen molar-refractivity contribution in [2.45, 2.75) is 19.8 Å². The van der Waals surface area contributed by atoms with Gasteiger partial charge in [0.2, 0.25) is 0 Å². The van der Waals surface area contributed by atoms with Crippen molar-refractivity contribution in [3.63, 3.8) is 0 Å². The number of nitrogens with zero attached hydrogens (tertiary/aromatic N) is 3. The number of anilines is 2. The molecule has 0 radical (unpaired) electrons. The molecule has 43 heavy (non-hydrogen) atoms. The summed E-state index contributed by atoms with van der Waals surface area (Å²) >= 11 is 25.1. The summed E-state index contributed by atoms with van der Waals surface area (Å²) in [7, 11) is 0. The molecule has 220 valence electrons. The molecule has 4 aromatic carbocycles. The van der Waals surface area contributed by atoms with Gasteiger partial charge in [-0.3, -0.25) is 0 Å². The molecule has 0 aliphatic heterocycles. The van der Waals surface area contributed by atoms with E-state index in [-0.39, 0.29) is 0 Å². The number of pyridine rings is 2. The molecule has 0 fully saturated rings. The normalized spacial score (nSPS) is 11.8. The Kier molecular flexibility index (Phi) is 9.27. The number of halogens is 4. The molecule has 0 bridgehead atoms. The van der Waals surface area contributed by atoms with Crippen LogP contribution in [0.1, 0.15) is 19.8 Å². The highest BCUT2D eigenvalue weighted by Gasteiger charge is 2.12. The van der Waals surface area contributed by atoms with Gasteiger partial charge in [-0.25, -0.2) is 9.97 Å². The monoisotopic (exact) mass is 649 g/mol. The summed E-state index contributed by atoms with van der Waals surface area (Å²) in [5.41, 5.74) is 5.56. The van der Waals surface area contributed by atoms with Gasteiger partial charge in [0.25, 0.3) is 0 Å². The van der Waals surface area contributed by atoms with E-state index in [4.69, 9.17) is 56.4 Å². The molecule has 0 atom stereocenters. The van der Waals surface area contributed by atoms with Crippen molar-refractivity contribution in [3.8, 4) is 0 Å². The van der Waals surface area contributed by atoms with Crippen LogP contribution in [0.3, 0.4) is 0 Å². The van der Waals surface area contributed by atoms with Crippen LogP contribution in [0.2, 0.25) is 20.1 Å². The lowest BCUT2D eigenvalue weighted by atomic mass is 10.1. The third-order valence-electron chi connectivity index (χ3n) is 7.75. The molecule has 0 spiro atoms. The van der Waals surface area contributed by atoms with Crippen LogP contribution in [-0.4, -0.2) is 47.6 Å². The van der Waals surface area contributed by atoms with Gasteiger partial charge in [0.15, 0.2) is 0 Å². The largest absolute Gasteiger partial charge is 0.384 e. The van der Waals surface area contributed by atoms with Gasteiger partial charge >= 0.3 is 0 Å². The molecule has 6 aromatic rings. The second-order valence-electron chi connectivity index (χ2n) is 10.6. The van der Waals surface area contributed by atoms with Crippen LogP contribution in [-0.2, 0) is 0 Å². The molecule has 0 unspecified atom stereocenters. The second kappa shape index (κ2) is 13.3. The molecule has 2 N–H and O–H groups in total. The van der Waals surface area contributed by atoms with Gasteiger partial charge in [0.05, 0.1) is 33.4 Å². The van der Waals surface area contributed by atoms with E-state index in [0.717, 1.165) is 101 Å². The first-order chi connectivity index (χ1) is 20.9. The summed E-state index contributed by atoms with van der Waals surface area (Å²) < 4.78 is 0. The van der Waals surface area contributed by atoms with Crippen LogP contribution in [0.5, 0.6) is 0 Å². The highest BCUT2D eigenvalue weighted by Crippen LogP contribution is 2.35. The molecule has 0 aliphatic rings. The molecule has 2 aromatic heterocycles. The molecule has 5 nitrogen and oxygen atoms in total. The number of rotatable bonds is 11. The van der Waals surface area contributed by atoms with Gasteiger partial charge in [-0.1, -0.05) is 53.3 Å². The van der Waals surface area contributed by atoms with Crippen LogP contribution in [0, 0.1) is 0 Å². The van der Waals surface area contributed by atoms with E-state index in [0.29, 0.717) is 20.1 Å². The van der Waals surface area contributed by atoms with Crippen molar-refractivity contribution in [1.29, 1.82) is 0 Å². The van der Waals surface area contributed by atoms with Crippen molar-refractivity contribution < 1.29 is 0 Å². The number of nitrogens with one attached hydrogen (secondary N) is 2. The highest BCUT2D eigenvalue weighted by atomic mass is 35.5. The van der Waals surface area contributed by atoms with Gasteiger partial charge < -0.3 is 15.5 Å². The third kappa shape index (κ3) is 6.72. The summed E-state index contributed by atoms with van der Waals surface area (Å²) in [5.74, 6) is 0. The molecular formula is C34H31Cl4N5. The lowest BCUT2D eigenvalue weighted by Gasteiger charge is -2.21. The van der Waals surface area contributed by atoms with E-state index in [2.05, 4.69) is 22.5 Å². The zero-order chi connectivity index (χ0) is 29.9. The molecule has 9 heteroatoms. The molecule has 2 heterocycles. The number of aromatic nitrogens is 2. The number of fused-ring (bicyclic) bond motifs is 4. The molecular weight excluding hydrogens is 620 g/mol. The fourth-order valence-corrected chi connectivity index (χ4v) is 6.29. The minimum absolute atomic E-state index is 0.666. The van der Waals surface area contributed by atoms with Crippen LogP contribution < -0.4 is 10.6 Å². The minimum atomic E-state index is 0.666. The zero-order valence-corrected chi connectivity index (χ0v) is 26.8. The van der Waals surface area contributed by atoms with Crippen molar-refractivity contribution >= 4 is 101 Å². The van der Waals surface area contributed by atoms with Gasteiger partial charge in [-0.15, -0.1) is 0 Å². The maximum atomic E-state index is 6.27. The standard InChI is InChI=1S/C34H31Cl4N5/c1-2-43(15-3-13-39-33-25-9-5-21(35)17-29(25)41-30-18-22(36)6-10-26(30)33)16-4-14-40-34-27-11-7-23(37)19-31(27)42-32-20-24(38)8-12-28(32)34/h5-12,17-20H,2-4,13-16H2,1H3,(H,39,41)(H,40,42). The van der Waals surface area contributed by atoms with Crippen molar-refractivity contribution in [2.24, 2.45) is 0 Å². The Labute approximate surface area is 271 Å². The summed E-state index contributed by atoms with van der Waals surface area (Å²) in [6.45, 7) is 6.90. The minimum Gasteiger partial charge on any atom is -0.384 e. The van der Waals surface area contributed by atoms with E-state index in [1.165, 1.54) is 0 Å². The second-order valence-corrected chi connectivity index (χ2v) is 12.4. The van der Waals surface area contributed by atoms with E-state index in [1.807, 2.05) is 72.8 Å². The third-order valence-corrected chi connectivity index (χ3v) is 8.69. The van der Waals surface area contributed by atoms with Gasteiger partial charge in [0.1, 0.15) is 0 Å². The maximum Gasteiger partial charge on any atom is 0.0745 e. The van der Waals surface area contributed by atoms with Gasteiger partial charge in [-0.05, 0) is 105 Å². The average Bonchev–Trinajstić information content (AvgIpc) is 2.98. The lowest BCUT2D eigenvalue weighted by Crippen LogP contribution is -2.28. The van der Waals surface area contributed by atoms with Crippen LogP contribution in [0.15, 0.2) is 72.8 Å². The summed E-state index contributed by atoms with van der Waals surface area (Å²) in [6, 6.07) is 23.4. The Morgan fingerprint density at radius 2 is 0.860 bits per heavy atom.